The van der Waals surface area contributed by atoms with Crippen molar-refractivity contribution >= 4 is 35.2 Å². The average Bonchev–Trinajstić information content (AvgIpc) is 2.97. The van der Waals surface area contributed by atoms with Crippen molar-refractivity contribution in [3.05, 3.63) is 29.3 Å². The van der Waals surface area contributed by atoms with Crippen LogP contribution >= 0.6 is 0 Å². The Morgan fingerprint density at radius 1 is 1.07 bits per heavy atom. The van der Waals surface area contributed by atoms with Crippen LogP contribution in [-0.2, 0) is 14.4 Å². The number of nitrogens with zero attached hydrogens (tertiary/aromatic N) is 2. The number of anilines is 1. The molecule has 2 saturated heterocycles. The van der Waals surface area contributed by atoms with Gasteiger partial charge in [-0.3, -0.25) is 34.2 Å². The minimum Gasteiger partial charge on any atom is -0.376 e. The lowest BCUT2D eigenvalue weighted by Crippen LogP contribution is -2.54. The van der Waals surface area contributed by atoms with Crippen LogP contribution in [0.3, 0.4) is 0 Å². The smallest absolute Gasteiger partial charge is 0.262 e. The number of piperazine rings is 1. The van der Waals surface area contributed by atoms with Crippen molar-refractivity contribution in [3.8, 4) is 0 Å². The van der Waals surface area contributed by atoms with Gasteiger partial charge in [-0.05, 0) is 24.6 Å². The summed E-state index contributed by atoms with van der Waals surface area (Å²) in [6.45, 7) is 2.91. The highest BCUT2D eigenvalue weighted by Crippen LogP contribution is 2.29. The zero-order valence-electron chi connectivity index (χ0n) is 15.7. The van der Waals surface area contributed by atoms with Crippen LogP contribution in [0.4, 0.5) is 5.69 Å². The van der Waals surface area contributed by atoms with Crippen LogP contribution in [0.1, 0.15) is 33.6 Å². The number of fused-ring (bicyclic) bond motifs is 1. The van der Waals surface area contributed by atoms with Gasteiger partial charge in [0, 0.05) is 38.3 Å². The highest BCUT2D eigenvalue weighted by atomic mass is 16.2. The Balaban J connectivity index is 1.46. The maximum atomic E-state index is 12.8. The Kier molecular flexibility index (Phi) is 5.01. The minimum absolute atomic E-state index is 0.0421. The van der Waals surface area contributed by atoms with Gasteiger partial charge in [-0.1, -0.05) is 0 Å². The summed E-state index contributed by atoms with van der Waals surface area (Å²) in [5, 5.41) is 8.35. The van der Waals surface area contributed by atoms with E-state index in [4.69, 9.17) is 0 Å². The van der Waals surface area contributed by atoms with Gasteiger partial charge in [0.25, 0.3) is 11.8 Å². The Bertz CT molecular complexity index is 908. The molecule has 1 aromatic carbocycles. The second-order valence-electron chi connectivity index (χ2n) is 7.19. The molecule has 3 N–H and O–H groups in total. The molecule has 1 atom stereocenters. The summed E-state index contributed by atoms with van der Waals surface area (Å²) in [5.41, 5.74) is 0.927. The molecule has 0 aliphatic carbocycles. The van der Waals surface area contributed by atoms with Crippen molar-refractivity contribution in [2.24, 2.45) is 0 Å². The summed E-state index contributed by atoms with van der Waals surface area (Å²) in [6, 6.07) is 3.67. The van der Waals surface area contributed by atoms with Crippen LogP contribution < -0.4 is 16.0 Å². The number of benzene rings is 1. The molecule has 5 amide bonds. The molecule has 0 saturated carbocycles. The summed E-state index contributed by atoms with van der Waals surface area (Å²) in [4.78, 5) is 63.9. The van der Waals surface area contributed by atoms with Gasteiger partial charge in [-0.15, -0.1) is 0 Å². The van der Waals surface area contributed by atoms with E-state index in [2.05, 4.69) is 16.0 Å². The van der Waals surface area contributed by atoms with E-state index in [0.717, 1.165) is 18.0 Å². The fraction of sp³-hybridized carbons (Fsp3) is 0.421. The molecule has 152 valence electrons. The zero-order valence-corrected chi connectivity index (χ0v) is 15.7. The topological polar surface area (TPSA) is 128 Å². The highest BCUT2D eigenvalue weighted by molar-refractivity contribution is 6.23. The van der Waals surface area contributed by atoms with Crippen molar-refractivity contribution in [1.29, 1.82) is 0 Å². The van der Waals surface area contributed by atoms with E-state index in [9.17, 15) is 24.0 Å². The second kappa shape index (κ2) is 7.63. The van der Waals surface area contributed by atoms with Crippen molar-refractivity contribution < 1.29 is 24.0 Å². The van der Waals surface area contributed by atoms with E-state index < -0.39 is 29.7 Å². The molecule has 1 aromatic rings. The van der Waals surface area contributed by atoms with Crippen LogP contribution in [0.25, 0.3) is 0 Å². The lowest BCUT2D eigenvalue weighted by Gasteiger charge is -2.27. The highest BCUT2D eigenvalue weighted by Gasteiger charge is 2.44. The molecule has 2 fully saturated rings. The predicted molar refractivity (Wildman–Crippen MR) is 101 cm³/mol. The Morgan fingerprint density at radius 3 is 2.52 bits per heavy atom. The molecule has 0 aromatic heterocycles. The van der Waals surface area contributed by atoms with Gasteiger partial charge in [0.05, 0.1) is 17.7 Å². The molecule has 1 unspecified atom stereocenters. The third-order valence-corrected chi connectivity index (χ3v) is 5.35. The first-order chi connectivity index (χ1) is 14.0. The fourth-order valence-electron chi connectivity index (χ4n) is 3.78. The fourth-order valence-corrected chi connectivity index (χ4v) is 3.78. The van der Waals surface area contributed by atoms with Gasteiger partial charge < -0.3 is 15.5 Å². The van der Waals surface area contributed by atoms with Gasteiger partial charge in [-0.2, -0.15) is 0 Å². The number of nitrogens with one attached hydrogen (secondary N) is 3. The van der Waals surface area contributed by atoms with Crippen molar-refractivity contribution in [2.45, 2.75) is 18.9 Å². The molecular formula is C19H21N5O5. The molecular weight excluding hydrogens is 378 g/mol. The first-order valence-corrected chi connectivity index (χ1v) is 9.53. The summed E-state index contributed by atoms with van der Waals surface area (Å²) in [5.74, 6) is -2.22. The zero-order chi connectivity index (χ0) is 20.5. The van der Waals surface area contributed by atoms with Crippen LogP contribution in [0, 0.1) is 0 Å². The molecule has 29 heavy (non-hydrogen) atoms. The number of rotatable bonds is 4. The summed E-state index contributed by atoms with van der Waals surface area (Å²) in [7, 11) is 0. The quantitative estimate of drug-likeness (QED) is 0.550. The molecule has 0 bridgehead atoms. The van der Waals surface area contributed by atoms with Gasteiger partial charge in [-0.25, -0.2) is 0 Å². The van der Waals surface area contributed by atoms with Crippen LogP contribution in [-0.4, -0.2) is 78.1 Å². The first kappa shape index (κ1) is 19.1. The Labute approximate surface area is 166 Å². The van der Waals surface area contributed by atoms with E-state index in [1.807, 2.05) is 0 Å². The largest absolute Gasteiger partial charge is 0.376 e. The van der Waals surface area contributed by atoms with E-state index in [-0.39, 0.29) is 36.4 Å². The monoisotopic (exact) mass is 399 g/mol. The molecule has 4 rings (SSSR count). The van der Waals surface area contributed by atoms with Crippen LogP contribution in [0.2, 0.25) is 0 Å². The normalized spacial score (nSPS) is 21.9. The number of carbonyl (C=O) groups is 5. The maximum Gasteiger partial charge on any atom is 0.262 e. The third-order valence-electron chi connectivity index (χ3n) is 5.35. The number of carbonyl (C=O) groups excluding carboxylic acids is 5. The molecule has 3 aliphatic heterocycles. The van der Waals surface area contributed by atoms with Gasteiger partial charge in [0.1, 0.15) is 6.04 Å². The molecule has 0 spiro atoms. The number of hydrogen-bond acceptors (Lipinski definition) is 7. The Morgan fingerprint density at radius 2 is 1.79 bits per heavy atom. The second-order valence-corrected chi connectivity index (χ2v) is 7.19. The van der Waals surface area contributed by atoms with Gasteiger partial charge in [0.15, 0.2) is 0 Å². The lowest BCUT2D eigenvalue weighted by atomic mass is 10.0. The molecule has 3 aliphatic rings. The summed E-state index contributed by atoms with van der Waals surface area (Å²) < 4.78 is 0. The SMILES string of the molecule is O=C1CCC(N2C(=O)c3ccc(NCC(=O)N4CCNCC4)cc3C2=O)C(=O)N1. The van der Waals surface area contributed by atoms with E-state index in [1.54, 1.807) is 11.0 Å². The summed E-state index contributed by atoms with van der Waals surface area (Å²) in [6.07, 6.45) is 0.186. The molecule has 3 heterocycles. The number of amides is 5. The molecule has 10 nitrogen and oxygen atoms in total. The van der Waals surface area contributed by atoms with Crippen molar-refractivity contribution in [1.82, 2.24) is 20.4 Å². The third kappa shape index (κ3) is 3.58. The standard InChI is InChI=1S/C19H21N5O5/c25-15-4-3-14(17(27)22-15)24-18(28)12-2-1-11(9-13(12)19(24)29)21-10-16(26)23-7-5-20-6-8-23/h1-2,9,14,20-21H,3-8,10H2,(H,22,25,27). The van der Waals surface area contributed by atoms with Crippen molar-refractivity contribution in [2.75, 3.05) is 38.0 Å². The first-order valence-electron chi connectivity index (χ1n) is 9.53. The molecule has 10 heteroatoms. The lowest BCUT2D eigenvalue weighted by molar-refractivity contribution is -0.136. The number of imide groups is 2. The van der Waals surface area contributed by atoms with Crippen molar-refractivity contribution in [3.63, 3.8) is 0 Å². The van der Waals surface area contributed by atoms with E-state index >= 15 is 0 Å². The van der Waals surface area contributed by atoms with Gasteiger partial charge >= 0.3 is 0 Å². The van der Waals surface area contributed by atoms with E-state index in [0.29, 0.717) is 18.8 Å². The predicted octanol–water partition coefficient (Wildman–Crippen LogP) is -1.07. The average molecular weight is 399 g/mol. The number of piperidine rings is 1. The van der Waals surface area contributed by atoms with Crippen LogP contribution in [0.5, 0.6) is 0 Å². The van der Waals surface area contributed by atoms with Crippen LogP contribution in [0.15, 0.2) is 18.2 Å². The maximum absolute atomic E-state index is 12.8. The number of hydrogen-bond donors (Lipinski definition) is 3. The minimum atomic E-state index is -0.995. The summed E-state index contributed by atoms with van der Waals surface area (Å²) >= 11 is 0. The molecule has 0 radical (unpaired) electrons. The van der Waals surface area contributed by atoms with E-state index in [1.165, 1.54) is 12.1 Å². The van der Waals surface area contributed by atoms with Gasteiger partial charge in [0.2, 0.25) is 17.7 Å². The Hall–Kier alpha value is -3.27.